The maximum Gasteiger partial charge on any atom is 0.243 e. The molecule has 7 amide bonds. The molecule has 0 spiro atoms. The molecule has 0 aromatic heterocycles. The Balaban J connectivity index is 1.69. The summed E-state index contributed by atoms with van der Waals surface area (Å²) < 4.78 is 0. The van der Waals surface area contributed by atoms with Crippen molar-refractivity contribution in [1.29, 1.82) is 0 Å². The summed E-state index contributed by atoms with van der Waals surface area (Å²) in [6.45, 7) is 3.76. The first-order valence-corrected chi connectivity index (χ1v) is 19.1. The van der Waals surface area contributed by atoms with Gasteiger partial charge in [0, 0.05) is 32.4 Å². The molecule has 0 aliphatic carbocycles. The van der Waals surface area contributed by atoms with Crippen LogP contribution in [0, 0.1) is 5.92 Å². The van der Waals surface area contributed by atoms with Crippen molar-refractivity contribution in [2.24, 2.45) is 5.92 Å². The van der Waals surface area contributed by atoms with Gasteiger partial charge in [-0.25, -0.2) is 0 Å². The van der Waals surface area contributed by atoms with Crippen LogP contribution in [0.5, 0.6) is 0 Å². The summed E-state index contributed by atoms with van der Waals surface area (Å²) in [4.78, 5) is 87.9. The van der Waals surface area contributed by atoms with Crippen LogP contribution in [0.1, 0.15) is 51.5 Å². The van der Waals surface area contributed by atoms with E-state index < -0.39 is 40.2 Å². The Hall–Kier alpha value is -3.59. The van der Waals surface area contributed by atoms with E-state index in [1.54, 1.807) is 10.8 Å². The monoisotopic (exact) mass is 680 g/mol. The summed E-state index contributed by atoms with van der Waals surface area (Å²) in [5.41, 5.74) is 0.798. The lowest BCUT2D eigenvalue weighted by Crippen LogP contribution is -2.52. The molecule has 1 aromatic carbocycles. The molecule has 2 rings (SSSR count). The van der Waals surface area contributed by atoms with Crippen molar-refractivity contribution < 1.29 is 33.6 Å². The first-order valence-electron chi connectivity index (χ1n) is 15.4. The first kappa shape index (κ1) is 38.6. The summed E-state index contributed by atoms with van der Waals surface area (Å²) in [5.74, 6) is -2.36. The summed E-state index contributed by atoms with van der Waals surface area (Å²) in [5, 5.41) is 12.6. The topological polar surface area (TPSA) is 183 Å². The van der Waals surface area contributed by atoms with Crippen molar-refractivity contribution in [3.63, 3.8) is 0 Å². The van der Waals surface area contributed by atoms with E-state index in [0.29, 0.717) is 32.4 Å². The van der Waals surface area contributed by atoms with E-state index in [4.69, 9.17) is 0 Å². The number of unbranched alkanes of at least 4 members (excludes halogenated alkanes) is 2. The maximum absolute atomic E-state index is 12.8. The Kier molecular flexibility index (Phi) is 17.2. The van der Waals surface area contributed by atoms with Gasteiger partial charge in [0.2, 0.25) is 41.4 Å². The minimum atomic E-state index is -0.979. The minimum Gasteiger partial charge on any atom is -0.354 e. The highest BCUT2D eigenvalue weighted by Gasteiger charge is 2.39. The lowest BCUT2D eigenvalue weighted by molar-refractivity contribution is -0.138. The van der Waals surface area contributed by atoms with Crippen LogP contribution >= 0.6 is 20.7 Å². The van der Waals surface area contributed by atoms with Gasteiger partial charge in [-0.2, -0.15) is 9.93 Å². The summed E-state index contributed by atoms with van der Waals surface area (Å²) >= 11 is 0. The molecule has 1 aromatic rings. The molecule has 15 heteroatoms. The Morgan fingerprint density at radius 3 is 2.17 bits per heavy atom. The average Bonchev–Trinajstić information content (AvgIpc) is 3.32. The molecule has 0 bridgehead atoms. The van der Waals surface area contributed by atoms with E-state index in [0.717, 1.165) is 5.56 Å². The highest BCUT2D eigenvalue weighted by molar-refractivity contribution is 8.85. The third kappa shape index (κ3) is 14.2. The summed E-state index contributed by atoms with van der Waals surface area (Å²) in [7, 11) is 1.06. The molecule has 13 nitrogen and oxygen atoms in total. The number of amides is 7. The van der Waals surface area contributed by atoms with Crippen LogP contribution < -0.4 is 26.6 Å². The third-order valence-corrected chi connectivity index (χ3v) is 11.5. The zero-order valence-electron chi connectivity index (χ0n) is 27.1. The molecule has 1 fully saturated rings. The number of hydrogen-bond donors (Lipinski definition) is 6. The van der Waals surface area contributed by atoms with Gasteiger partial charge in [0.25, 0.3) is 0 Å². The highest BCUT2D eigenvalue weighted by Crippen LogP contribution is 2.44. The largest absolute Gasteiger partial charge is 0.354 e. The number of carbonyl (C=O) groups is 7. The van der Waals surface area contributed by atoms with E-state index in [1.165, 1.54) is 4.90 Å². The van der Waals surface area contributed by atoms with Crippen LogP contribution in [-0.2, 0) is 40.0 Å². The van der Waals surface area contributed by atoms with Gasteiger partial charge in [0.15, 0.2) is 0 Å². The molecular formula is C31H48N6O7S2. The van der Waals surface area contributed by atoms with Crippen LogP contribution in [0.15, 0.2) is 30.3 Å². The van der Waals surface area contributed by atoms with Gasteiger partial charge in [-0.1, -0.05) is 50.6 Å². The molecule has 1 aliphatic rings. The predicted octanol–water partition coefficient (Wildman–Crippen LogP) is 0.432. The Morgan fingerprint density at radius 1 is 0.870 bits per heavy atom. The van der Waals surface area contributed by atoms with Crippen molar-refractivity contribution in [2.45, 2.75) is 63.7 Å². The number of carbonyl (C=O) groups excluding carboxylic acids is 7. The van der Waals surface area contributed by atoms with Gasteiger partial charge in [-0.15, -0.1) is 10.8 Å². The van der Waals surface area contributed by atoms with Crippen LogP contribution in [-0.4, -0.2) is 103 Å². The number of hydrogen-bond acceptors (Lipinski definition) is 8. The third-order valence-electron chi connectivity index (χ3n) is 7.19. The smallest absolute Gasteiger partial charge is 0.243 e. The fourth-order valence-electron chi connectivity index (χ4n) is 4.53. The van der Waals surface area contributed by atoms with Gasteiger partial charge < -0.3 is 26.6 Å². The van der Waals surface area contributed by atoms with Crippen molar-refractivity contribution in [3.05, 3.63) is 35.9 Å². The first-order chi connectivity index (χ1) is 21.9. The second kappa shape index (κ2) is 20.5. The standard InChI is InChI=1S/C31H48N6O7S2/c1-21(2)17-32-27(40)19-35-30(43)23(15-22-11-7-5-8-12-22)36-28(41)20-34-26(39)18-33-25(38)13-9-6-10-14-37-29(42)16-24(31(37)44)46(4)45-3/h5,7-8,11-12,21,23-24,46H,6,9-10,13-20H2,1-4H3,(H,32,40)(H,33,38)(H,34,39)(H,35,43)(H,36,41)/t23-,24?/m0/s1. The van der Waals surface area contributed by atoms with E-state index in [-0.39, 0.29) is 67.1 Å². The quantitative estimate of drug-likeness (QED) is 0.0496. The van der Waals surface area contributed by atoms with Crippen LogP contribution in [0.2, 0.25) is 0 Å². The zero-order valence-corrected chi connectivity index (χ0v) is 28.8. The van der Waals surface area contributed by atoms with Crippen LogP contribution in [0.4, 0.5) is 0 Å². The number of benzene rings is 1. The van der Waals surface area contributed by atoms with E-state index in [1.807, 2.05) is 56.7 Å². The SMILES string of the molecule is CS[SH](C)C1CC(=O)N(CCCCCC(=O)NCC(=O)NCC(=O)N[C@@H](Cc2ccccc2)C(=O)NCC(=O)NCC(C)C)C1=O. The number of nitrogens with zero attached hydrogens (tertiary/aromatic N) is 1. The highest BCUT2D eigenvalue weighted by atomic mass is 33.1. The van der Waals surface area contributed by atoms with Crippen molar-refractivity contribution >= 4 is 62.1 Å². The number of rotatable bonds is 20. The van der Waals surface area contributed by atoms with Crippen molar-refractivity contribution in [1.82, 2.24) is 31.5 Å². The fourth-order valence-corrected chi connectivity index (χ4v) is 6.90. The molecule has 0 saturated carbocycles. The van der Waals surface area contributed by atoms with Gasteiger partial charge in [-0.3, -0.25) is 38.5 Å². The molecule has 46 heavy (non-hydrogen) atoms. The van der Waals surface area contributed by atoms with Gasteiger partial charge in [-0.05, 0) is 36.8 Å². The van der Waals surface area contributed by atoms with Gasteiger partial charge in [0.05, 0.1) is 24.9 Å². The van der Waals surface area contributed by atoms with Crippen molar-refractivity contribution in [2.75, 3.05) is 45.2 Å². The molecule has 0 radical (unpaired) electrons. The number of likely N-dealkylation sites (tertiary alicyclic amines) is 1. The van der Waals surface area contributed by atoms with Crippen LogP contribution in [0.25, 0.3) is 0 Å². The Morgan fingerprint density at radius 2 is 1.50 bits per heavy atom. The number of thiol groups is 1. The van der Waals surface area contributed by atoms with E-state index in [2.05, 4.69) is 26.6 Å². The van der Waals surface area contributed by atoms with Crippen LogP contribution in [0.3, 0.4) is 0 Å². The Bertz CT molecular complexity index is 1220. The second-order valence-electron chi connectivity index (χ2n) is 11.4. The van der Waals surface area contributed by atoms with Crippen molar-refractivity contribution in [3.8, 4) is 0 Å². The number of imide groups is 1. The normalized spacial score (nSPS) is 16.1. The Labute approximate surface area is 277 Å². The predicted molar refractivity (Wildman–Crippen MR) is 181 cm³/mol. The molecule has 5 N–H and O–H groups in total. The lowest BCUT2D eigenvalue weighted by Gasteiger charge is -2.20. The minimum absolute atomic E-state index is 0.0954. The molecule has 1 saturated heterocycles. The van der Waals surface area contributed by atoms with E-state index in [9.17, 15) is 33.6 Å². The molecule has 3 atom stereocenters. The number of nitrogens with one attached hydrogen (secondary N) is 5. The van der Waals surface area contributed by atoms with Gasteiger partial charge >= 0.3 is 0 Å². The molecule has 1 heterocycles. The average molecular weight is 681 g/mol. The summed E-state index contributed by atoms with van der Waals surface area (Å²) in [6.07, 6.45) is 6.37. The lowest BCUT2D eigenvalue weighted by atomic mass is 10.1. The molecule has 256 valence electrons. The van der Waals surface area contributed by atoms with E-state index >= 15 is 0 Å². The summed E-state index contributed by atoms with van der Waals surface area (Å²) in [6, 6.07) is 8.08. The van der Waals surface area contributed by atoms with Gasteiger partial charge in [0.1, 0.15) is 6.04 Å². The molecular weight excluding hydrogens is 633 g/mol. The molecule has 2 unspecified atom stereocenters. The zero-order chi connectivity index (χ0) is 34.1. The maximum atomic E-state index is 12.8. The molecule has 1 aliphatic heterocycles. The fraction of sp³-hybridized carbons (Fsp3) is 0.581. The second-order valence-corrected chi connectivity index (χ2v) is 16.3.